The van der Waals surface area contributed by atoms with Gasteiger partial charge >= 0.3 is 11.9 Å². The minimum atomic E-state index is -0.245. The monoisotopic (exact) mass is 293 g/mol. The standard InChI is InChI=1S/C4H9NO.2C3H6O2.C3H6O/c1-4(6)5(2)3;2*1-3(4)5-2;1-3(2)4/h1-3H3;2*1-2H3;1-2H3. The molecule has 0 bridgehead atoms. The van der Waals surface area contributed by atoms with E-state index in [4.69, 9.17) is 0 Å². The van der Waals surface area contributed by atoms with E-state index in [9.17, 15) is 19.2 Å². The molecule has 0 unspecified atom stereocenters. The number of nitrogens with zero attached hydrogens (tertiary/aromatic N) is 1. The highest BCUT2D eigenvalue weighted by Crippen LogP contribution is 1.69. The van der Waals surface area contributed by atoms with Gasteiger partial charge in [-0.3, -0.25) is 14.4 Å². The van der Waals surface area contributed by atoms with Crippen LogP contribution in [0.5, 0.6) is 0 Å². The molecule has 0 aromatic carbocycles. The molecule has 0 fully saturated rings. The van der Waals surface area contributed by atoms with Gasteiger partial charge in [0.2, 0.25) is 5.91 Å². The first kappa shape index (κ1) is 26.6. The van der Waals surface area contributed by atoms with Crippen LogP contribution in [0.25, 0.3) is 0 Å². The number of carbonyl (C=O) groups is 4. The maximum absolute atomic E-state index is 10.1. The lowest BCUT2D eigenvalue weighted by molar-refractivity contribution is -0.138. The molecule has 0 saturated carbocycles. The van der Waals surface area contributed by atoms with Gasteiger partial charge in [0.15, 0.2) is 0 Å². The molecule has 0 radical (unpaired) electrons. The Balaban J connectivity index is -0.0000000862. The first-order valence-corrected chi connectivity index (χ1v) is 5.66. The van der Waals surface area contributed by atoms with Crippen molar-refractivity contribution < 1.29 is 28.7 Å². The van der Waals surface area contributed by atoms with Crippen LogP contribution in [-0.2, 0) is 28.7 Å². The minimum Gasteiger partial charge on any atom is -0.469 e. The van der Waals surface area contributed by atoms with Gasteiger partial charge in [-0.1, -0.05) is 0 Å². The van der Waals surface area contributed by atoms with Crippen molar-refractivity contribution in [2.45, 2.75) is 34.6 Å². The predicted molar refractivity (Wildman–Crippen MR) is 76.1 cm³/mol. The second kappa shape index (κ2) is 19.4. The zero-order valence-corrected chi connectivity index (χ0v) is 13.9. The van der Waals surface area contributed by atoms with Gasteiger partial charge in [0.1, 0.15) is 5.78 Å². The molecule has 0 spiro atoms. The molecule has 120 valence electrons. The van der Waals surface area contributed by atoms with E-state index in [0.29, 0.717) is 0 Å². The van der Waals surface area contributed by atoms with E-state index < -0.39 is 0 Å². The van der Waals surface area contributed by atoms with Gasteiger partial charge in [-0.2, -0.15) is 0 Å². The van der Waals surface area contributed by atoms with E-state index in [1.165, 1.54) is 53.7 Å². The van der Waals surface area contributed by atoms with E-state index >= 15 is 0 Å². The summed E-state index contributed by atoms with van der Waals surface area (Å²) < 4.78 is 8.22. The van der Waals surface area contributed by atoms with Crippen LogP contribution in [0.3, 0.4) is 0 Å². The Bertz CT molecular complexity index is 269. The molecule has 0 aromatic rings. The maximum atomic E-state index is 10.1. The fraction of sp³-hybridized carbons (Fsp3) is 0.692. The lowest BCUT2D eigenvalue weighted by atomic mass is 10.6. The first-order valence-electron chi connectivity index (χ1n) is 5.66. The second-order valence-electron chi connectivity index (χ2n) is 3.71. The normalized spacial score (nSPS) is 7.05. The van der Waals surface area contributed by atoms with Crippen LogP contribution in [-0.4, -0.2) is 56.8 Å². The summed E-state index contributed by atoms with van der Waals surface area (Å²) in [4.78, 5) is 40.2. The Morgan fingerprint density at radius 2 is 0.800 bits per heavy atom. The second-order valence-corrected chi connectivity index (χ2v) is 3.71. The molecule has 0 atom stereocenters. The number of hydrogen-bond acceptors (Lipinski definition) is 6. The summed E-state index contributed by atoms with van der Waals surface area (Å²) in [7, 11) is 6.15. The summed E-state index contributed by atoms with van der Waals surface area (Å²) >= 11 is 0. The van der Waals surface area contributed by atoms with E-state index in [2.05, 4.69) is 9.47 Å². The fourth-order valence-electron chi connectivity index (χ4n) is 0. The van der Waals surface area contributed by atoms with Gasteiger partial charge in [-0.15, -0.1) is 0 Å². The number of esters is 2. The summed E-state index contributed by atoms with van der Waals surface area (Å²) in [5, 5.41) is 0. The Kier molecular flexibility index (Phi) is 25.8. The van der Waals surface area contributed by atoms with Gasteiger partial charge in [0, 0.05) is 34.9 Å². The summed E-state index contributed by atoms with van der Waals surface area (Å²) in [6.45, 7) is 7.31. The third-order valence-electron chi connectivity index (χ3n) is 1.20. The molecule has 1 amide bonds. The number of amides is 1. The first-order chi connectivity index (χ1) is 8.91. The largest absolute Gasteiger partial charge is 0.469 e. The van der Waals surface area contributed by atoms with Gasteiger partial charge in [0.25, 0.3) is 0 Å². The lowest BCUT2D eigenvalue weighted by Crippen LogP contribution is -2.17. The van der Waals surface area contributed by atoms with Crippen LogP contribution in [0.2, 0.25) is 0 Å². The summed E-state index contributed by atoms with van der Waals surface area (Å²) in [6, 6.07) is 0. The molecular formula is C13H27NO6. The zero-order chi connectivity index (χ0) is 17.3. The number of rotatable bonds is 0. The van der Waals surface area contributed by atoms with Crippen molar-refractivity contribution in [2.75, 3.05) is 28.3 Å². The van der Waals surface area contributed by atoms with Crippen molar-refractivity contribution in [3.8, 4) is 0 Å². The SMILES string of the molecule is CC(=O)N(C)C.CC(C)=O.COC(C)=O.COC(C)=O. The molecule has 0 aliphatic carbocycles. The molecule has 0 heterocycles. The highest BCUT2D eigenvalue weighted by molar-refractivity contribution is 5.72. The Hall–Kier alpha value is -1.92. The summed E-state index contributed by atoms with van der Waals surface area (Å²) in [5.41, 5.74) is 0. The highest BCUT2D eigenvalue weighted by Gasteiger charge is 1.87. The number of carbonyl (C=O) groups excluding carboxylic acids is 4. The number of ketones is 1. The number of Topliss-reactive ketones (excluding diaryl/α,β-unsaturated/α-hetero) is 1. The van der Waals surface area contributed by atoms with Crippen LogP contribution in [0, 0.1) is 0 Å². The average Bonchev–Trinajstić information content (AvgIpc) is 2.29. The van der Waals surface area contributed by atoms with Crippen molar-refractivity contribution in [1.29, 1.82) is 0 Å². The van der Waals surface area contributed by atoms with Crippen molar-refractivity contribution in [3.63, 3.8) is 0 Å². The number of methoxy groups -OCH3 is 2. The van der Waals surface area contributed by atoms with Gasteiger partial charge in [-0.25, -0.2) is 0 Å². The van der Waals surface area contributed by atoms with E-state index in [0.717, 1.165) is 0 Å². The van der Waals surface area contributed by atoms with Crippen molar-refractivity contribution in [1.82, 2.24) is 4.90 Å². The third kappa shape index (κ3) is 98.9. The fourth-order valence-corrected chi connectivity index (χ4v) is 0. The van der Waals surface area contributed by atoms with Crippen LogP contribution in [0.1, 0.15) is 34.6 Å². The molecule has 0 aromatic heterocycles. The zero-order valence-electron chi connectivity index (χ0n) is 13.9. The Labute approximate surface area is 121 Å². The third-order valence-corrected chi connectivity index (χ3v) is 1.20. The molecule has 20 heavy (non-hydrogen) atoms. The van der Waals surface area contributed by atoms with Gasteiger partial charge in [0.05, 0.1) is 14.2 Å². The van der Waals surface area contributed by atoms with E-state index in [-0.39, 0.29) is 23.6 Å². The Morgan fingerprint density at radius 1 is 0.700 bits per heavy atom. The topological polar surface area (TPSA) is 90.0 Å². The van der Waals surface area contributed by atoms with Crippen molar-refractivity contribution in [3.05, 3.63) is 0 Å². The maximum Gasteiger partial charge on any atom is 0.302 e. The van der Waals surface area contributed by atoms with Gasteiger partial charge in [-0.05, 0) is 13.8 Å². The number of hydrogen-bond donors (Lipinski definition) is 0. The molecule has 7 heteroatoms. The van der Waals surface area contributed by atoms with E-state index in [1.54, 1.807) is 14.1 Å². The minimum absolute atomic E-state index is 0.0926. The molecule has 0 N–H and O–H groups in total. The molecule has 0 rings (SSSR count). The molecule has 0 saturated heterocycles. The predicted octanol–water partition coefficient (Wildman–Crippen LogP) is 1.05. The van der Waals surface area contributed by atoms with Crippen molar-refractivity contribution >= 4 is 23.6 Å². The van der Waals surface area contributed by atoms with Crippen LogP contribution in [0.15, 0.2) is 0 Å². The highest BCUT2D eigenvalue weighted by atomic mass is 16.5. The lowest BCUT2D eigenvalue weighted by Gasteiger charge is -2.02. The summed E-state index contributed by atoms with van der Waals surface area (Å²) in [6.07, 6.45) is 0. The van der Waals surface area contributed by atoms with Crippen molar-refractivity contribution in [2.24, 2.45) is 0 Å². The molecule has 0 aliphatic heterocycles. The molecule has 0 aliphatic rings. The quantitative estimate of drug-likeness (QED) is 0.620. The van der Waals surface area contributed by atoms with Gasteiger partial charge < -0.3 is 19.2 Å². The molecular weight excluding hydrogens is 266 g/mol. The molecule has 7 nitrogen and oxygen atoms in total. The van der Waals surface area contributed by atoms with Crippen LogP contribution < -0.4 is 0 Å². The number of ether oxygens (including phenoxy) is 2. The smallest absolute Gasteiger partial charge is 0.302 e. The van der Waals surface area contributed by atoms with E-state index in [1.807, 2.05) is 0 Å². The Morgan fingerprint density at radius 3 is 0.800 bits per heavy atom. The summed E-state index contributed by atoms with van der Waals surface area (Å²) in [5.74, 6) is -0.231. The van der Waals surface area contributed by atoms with Crippen LogP contribution >= 0.6 is 0 Å². The average molecular weight is 293 g/mol. The van der Waals surface area contributed by atoms with Crippen LogP contribution in [0.4, 0.5) is 0 Å².